The number of piperidine rings is 1. The van der Waals surface area contributed by atoms with Gasteiger partial charge in [-0.2, -0.15) is 10.4 Å². The van der Waals surface area contributed by atoms with Crippen molar-refractivity contribution in [1.29, 1.82) is 5.26 Å². The van der Waals surface area contributed by atoms with E-state index in [0.29, 0.717) is 17.0 Å². The van der Waals surface area contributed by atoms with E-state index in [1.807, 2.05) is 18.2 Å². The summed E-state index contributed by atoms with van der Waals surface area (Å²) in [7, 11) is 0. The van der Waals surface area contributed by atoms with Crippen LogP contribution in [0.15, 0.2) is 40.3 Å². The molecule has 1 aromatic carbocycles. The maximum atomic E-state index is 10.2. The fourth-order valence-corrected chi connectivity index (χ4v) is 4.72. The zero-order valence-electron chi connectivity index (χ0n) is 16.4. The number of hydrogen-bond acceptors (Lipinski definition) is 7. The molecule has 0 bridgehead atoms. The molecule has 4 heterocycles. The molecule has 8 nitrogen and oxygen atoms in total. The highest BCUT2D eigenvalue weighted by Gasteiger charge is 2.36. The minimum Gasteiger partial charge on any atom is -0.343 e. The number of aromatic amines is 1. The number of H-pyrrole nitrogens is 1. The first-order valence-electron chi connectivity index (χ1n) is 10.2. The Kier molecular flexibility index (Phi) is 4.52. The van der Waals surface area contributed by atoms with Crippen molar-refractivity contribution in [2.45, 2.75) is 32.1 Å². The second-order valence-electron chi connectivity index (χ2n) is 7.79. The lowest BCUT2D eigenvalue weighted by Gasteiger charge is -2.36. The van der Waals surface area contributed by atoms with Crippen molar-refractivity contribution in [3.63, 3.8) is 0 Å². The van der Waals surface area contributed by atoms with Gasteiger partial charge in [-0.15, -0.1) is 0 Å². The predicted molar refractivity (Wildman–Crippen MR) is 108 cm³/mol. The Labute approximate surface area is 168 Å². The van der Waals surface area contributed by atoms with Crippen molar-refractivity contribution in [2.75, 3.05) is 25.0 Å². The standard InChI is InChI=1S/C21H23N7O/c1-2-8-28-9-6-13(7-10-28)19-15(11-22)18(16-12-23-25-21(16)24-19)14-4-3-5-17-20(14)27-29-26-17/h3-5,12-13,18H,2,6-10H2,1H3,(H2,23,24,25). The van der Waals surface area contributed by atoms with Crippen molar-refractivity contribution in [1.82, 2.24) is 25.4 Å². The molecule has 1 fully saturated rings. The van der Waals surface area contributed by atoms with E-state index in [-0.39, 0.29) is 5.92 Å². The van der Waals surface area contributed by atoms with Gasteiger partial charge in [0.25, 0.3) is 0 Å². The lowest BCUT2D eigenvalue weighted by molar-refractivity contribution is 0.199. The average molecular weight is 389 g/mol. The zero-order chi connectivity index (χ0) is 19.8. The minimum atomic E-state index is -0.241. The monoisotopic (exact) mass is 389 g/mol. The molecule has 0 saturated carbocycles. The third-order valence-electron chi connectivity index (χ3n) is 6.10. The predicted octanol–water partition coefficient (Wildman–Crippen LogP) is 3.40. The smallest absolute Gasteiger partial charge is 0.139 e. The number of aromatic nitrogens is 4. The van der Waals surface area contributed by atoms with Crippen LogP contribution in [0, 0.1) is 17.2 Å². The van der Waals surface area contributed by atoms with Gasteiger partial charge in [-0.25, -0.2) is 4.63 Å². The van der Waals surface area contributed by atoms with Crippen LogP contribution >= 0.6 is 0 Å². The van der Waals surface area contributed by atoms with E-state index in [1.54, 1.807) is 6.20 Å². The number of allylic oxidation sites excluding steroid dienone is 2. The van der Waals surface area contributed by atoms with E-state index in [2.05, 4.69) is 43.7 Å². The van der Waals surface area contributed by atoms with Gasteiger partial charge in [0.2, 0.25) is 0 Å². The maximum Gasteiger partial charge on any atom is 0.139 e. The fourth-order valence-electron chi connectivity index (χ4n) is 4.72. The largest absolute Gasteiger partial charge is 0.343 e. The Balaban J connectivity index is 1.58. The molecule has 0 radical (unpaired) electrons. The van der Waals surface area contributed by atoms with Gasteiger partial charge in [-0.3, -0.25) is 5.10 Å². The van der Waals surface area contributed by atoms with Crippen LogP contribution in [0.4, 0.5) is 5.82 Å². The van der Waals surface area contributed by atoms with Gasteiger partial charge in [-0.05, 0) is 60.8 Å². The zero-order valence-corrected chi connectivity index (χ0v) is 16.4. The molecule has 3 aromatic rings. The Morgan fingerprint density at radius 3 is 2.90 bits per heavy atom. The number of nitrogens with zero attached hydrogens (tertiary/aromatic N) is 5. The third kappa shape index (κ3) is 2.98. The molecule has 8 heteroatoms. The van der Waals surface area contributed by atoms with Crippen LogP contribution in [0.5, 0.6) is 0 Å². The summed E-state index contributed by atoms with van der Waals surface area (Å²) in [4.78, 5) is 2.51. The van der Waals surface area contributed by atoms with Crippen LogP contribution in [0.1, 0.15) is 43.2 Å². The topological polar surface area (TPSA) is 107 Å². The van der Waals surface area contributed by atoms with Gasteiger partial charge in [0.05, 0.1) is 23.8 Å². The fraction of sp³-hybridized carbons (Fsp3) is 0.429. The highest BCUT2D eigenvalue weighted by Crippen LogP contribution is 2.45. The third-order valence-corrected chi connectivity index (χ3v) is 6.10. The molecule has 2 aliphatic heterocycles. The lowest BCUT2D eigenvalue weighted by Crippen LogP contribution is -2.36. The molecular weight excluding hydrogens is 366 g/mol. The van der Waals surface area contributed by atoms with Crippen molar-refractivity contribution in [3.8, 4) is 6.07 Å². The molecule has 2 N–H and O–H groups in total. The van der Waals surface area contributed by atoms with E-state index >= 15 is 0 Å². The first-order chi connectivity index (χ1) is 14.3. The summed E-state index contributed by atoms with van der Waals surface area (Å²) in [5.74, 6) is 0.939. The highest BCUT2D eigenvalue weighted by molar-refractivity contribution is 5.80. The van der Waals surface area contributed by atoms with Crippen LogP contribution in [0.25, 0.3) is 11.0 Å². The summed E-state index contributed by atoms with van der Waals surface area (Å²) in [6.07, 6.45) is 5.04. The van der Waals surface area contributed by atoms with Gasteiger partial charge >= 0.3 is 0 Å². The van der Waals surface area contributed by atoms with Crippen molar-refractivity contribution in [2.24, 2.45) is 5.92 Å². The molecule has 5 rings (SSSR count). The summed E-state index contributed by atoms with van der Waals surface area (Å²) in [5, 5.41) is 29.1. The summed E-state index contributed by atoms with van der Waals surface area (Å²) in [6.45, 7) is 5.48. The molecule has 1 atom stereocenters. The van der Waals surface area contributed by atoms with E-state index in [0.717, 1.165) is 60.7 Å². The number of nitriles is 1. The maximum absolute atomic E-state index is 10.2. The highest BCUT2D eigenvalue weighted by atomic mass is 16.6. The molecule has 29 heavy (non-hydrogen) atoms. The number of hydrogen-bond donors (Lipinski definition) is 2. The molecule has 0 aliphatic carbocycles. The molecule has 1 unspecified atom stereocenters. The molecule has 148 valence electrons. The Morgan fingerprint density at radius 2 is 2.10 bits per heavy atom. The summed E-state index contributed by atoms with van der Waals surface area (Å²) in [5.41, 5.74) is 5.01. The number of anilines is 1. The molecule has 2 aromatic heterocycles. The quantitative estimate of drug-likeness (QED) is 0.704. The first kappa shape index (κ1) is 17.9. The minimum absolute atomic E-state index is 0.241. The SMILES string of the molecule is CCCN1CCC(C2=C(C#N)C(c3cccc4nonc34)c3cn[nH]c3N2)CC1. The van der Waals surface area contributed by atoms with Crippen LogP contribution in [0.2, 0.25) is 0 Å². The number of rotatable bonds is 4. The van der Waals surface area contributed by atoms with E-state index < -0.39 is 0 Å². The van der Waals surface area contributed by atoms with Gasteiger partial charge in [0.1, 0.15) is 16.9 Å². The van der Waals surface area contributed by atoms with E-state index in [4.69, 9.17) is 4.63 Å². The second-order valence-corrected chi connectivity index (χ2v) is 7.79. The van der Waals surface area contributed by atoms with Crippen LogP contribution in [-0.4, -0.2) is 45.0 Å². The molecule has 0 amide bonds. The number of benzene rings is 1. The van der Waals surface area contributed by atoms with E-state index in [1.165, 1.54) is 6.42 Å². The molecular formula is C21H23N7O. The summed E-state index contributed by atoms with van der Waals surface area (Å²) >= 11 is 0. The number of nitrogens with one attached hydrogen (secondary N) is 2. The lowest BCUT2D eigenvalue weighted by atomic mass is 9.78. The van der Waals surface area contributed by atoms with Crippen molar-refractivity contribution in [3.05, 3.63) is 46.8 Å². The molecule has 1 saturated heterocycles. The van der Waals surface area contributed by atoms with E-state index in [9.17, 15) is 5.26 Å². The molecule has 2 aliphatic rings. The van der Waals surface area contributed by atoms with Crippen LogP contribution < -0.4 is 5.32 Å². The molecule has 0 spiro atoms. The normalized spacial score (nSPS) is 20.5. The Morgan fingerprint density at radius 1 is 1.24 bits per heavy atom. The van der Waals surface area contributed by atoms with Crippen LogP contribution in [0.3, 0.4) is 0 Å². The summed E-state index contributed by atoms with van der Waals surface area (Å²) < 4.78 is 4.97. The summed E-state index contributed by atoms with van der Waals surface area (Å²) in [6, 6.07) is 8.30. The van der Waals surface area contributed by atoms with Crippen LogP contribution in [-0.2, 0) is 0 Å². The van der Waals surface area contributed by atoms with Gasteiger partial charge in [-0.1, -0.05) is 19.1 Å². The van der Waals surface area contributed by atoms with Crippen molar-refractivity contribution < 1.29 is 4.63 Å². The first-order valence-corrected chi connectivity index (χ1v) is 10.2. The van der Waals surface area contributed by atoms with Gasteiger partial charge in [0.15, 0.2) is 0 Å². The number of likely N-dealkylation sites (tertiary alicyclic amines) is 1. The number of fused-ring (bicyclic) bond motifs is 2. The Bertz CT molecular complexity index is 1100. The van der Waals surface area contributed by atoms with Gasteiger partial charge < -0.3 is 10.2 Å². The average Bonchev–Trinajstić information content (AvgIpc) is 3.42. The van der Waals surface area contributed by atoms with Crippen molar-refractivity contribution >= 4 is 16.9 Å². The Hall–Kier alpha value is -3.18. The van der Waals surface area contributed by atoms with Gasteiger partial charge in [0, 0.05) is 17.2 Å². The second kappa shape index (κ2) is 7.33.